The van der Waals surface area contributed by atoms with Crippen molar-refractivity contribution in [1.82, 2.24) is 14.2 Å². The predicted octanol–water partition coefficient (Wildman–Crippen LogP) is 2.04. The smallest absolute Gasteiger partial charge is 0.240 e. The van der Waals surface area contributed by atoms with Gasteiger partial charge in [-0.2, -0.15) is 0 Å². The molecule has 26 heavy (non-hydrogen) atoms. The summed E-state index contributed by atoms with van der Waals surface area (Å²) in [6.07, 6.45) is 1.94. The summed E-state index contributed by atoms with van der Waals surface area (Å²) in [5, 5.41) is 0. The molecule has 0 radical (unpaired) electrons. The molecule has 6 nitrogen and oxygen atoms in total. The van der Waals surface area contributed by atoms with Crippen LogP contribution in [0.4, 0.5) is 8.78 Å². The van der Waals surface area contributed by atoms with Gasteiger partial charge in [0.25, 0.3) is 0 Å². The van der Waals surface area contributed by atoms with Crippen molar-refractivity contribution in [2.45, 2.75) is 30.8 Å². The Balaban J connectivity index is 1.59. The van der Waals surface area contributed by atoms with E-state index < -0.39 is 21.7 Å². The second-order valence-electron chi connectivity index (χ2n) is 6.11. The number of hydrogen-bond donors (Lipinski definition) is 1. The Morgan fingerprint density at radius 3 is 2.73 bits per heavy atom. The fourth-order valence-corrected chi connectivity index (χ4v) is 4.13. The Morgan fingerprint density at radius 2 is 2.00 bits per heavy atom. The van der Waals surface area contributed by atoms with Crippen molar-refractivity contribution in [3.63, 3.8) is 0 Å². The molecule has 1 atom stereocenters. The number of hydrogen-bond acceptors (Lipinski definition) is 3. The number of nitrogens with zero attached hydrogens (tertiary/aromatic N) is 2. The number of amides is 1. The number of nitrogens with one attached hydrogen (secondary N) is 1. The molecular weight excluding hydrogens is 364 g/mol. The highest BCUT2D eigenvalue weighted by molar-refractivity contribution is 7.89. The van der Waals surface area contributed by atoms with Crippen LogP contribution in [0.5, 0.6) is 0 Å². The molecule has 0 saturated heterocycles. The lowest BCUT2D eigenvalue weighted by atomic mass is 10.1. The summed E-state index contributed by atoms with van der Waals surface area (Å²) in [5.74, 6) is -2.53. The van der Waals surface area contributed by atoms with Crippen molar-refractivity contribution >= 4 is 15.9 Å². The lowest BCUT2D eigenvalue weighted by Gasteiger charge is -2.35. The monoisotopic (exact) mass is 383 g/mol. The van der Waals surface area contributed by atoms with Gasteiger partial charge in [-0.25, -0.2) is 21.9 Å². The molecule has 1 amide bonds. The summed E-state index contributed by atoms with van der Waals surface area (Å²) in [5.41, 5.74) is 1.03. The molecule has 0 aliphatic carbocycles. The maximum Gasteiger partial charge on any atom is 0.240 e. The number of fused-ring (bicyclic) bond motifs is 1. The summed E-state index contributed by atoms with van der Waals surface area (Å²) >= 11 is 0. The predicted molar refractivity (Wildman–Crippen MR) is 90.7 cm³/mol. The summed E-state index contributed by atoms with van der Waals surface area (Å²) in [6, 6.07) is 6.13. The second kappa shape index (κ2) is 7.16. The standard InChI is InChI=1S/C17H19F2N3O3S/c1-12-16-3-2-8-21(16)9-10-22(12)17(23)6-7-20-26(24,25)13-4-5-14(18)15(19)11-13/h2-5,8,11-12,20H,6-7,9-10H2,1H3. The molecule has 2 aromatic rings. The van der Waals surface area contributed by atoms with Crippen LogP contribution in [-0.4, -0.2) is 36.9 Å². The van der Waals surface area contributed by atoms with E-state index in [1.807, 2.05) is 25.3 Å². The van der Waals surface area contributed by atoms with Crippen molar-refractivity contribution < 1.29 is 22.0 Å². The quantitative estimate of drug-likeness (QED) is 0.859. The first-order chi connectivity index (χ1) is 12.3. The lowest BCUT2D eigenvalue weighted by molar-refractivity contribution is -0.134. The molecule has 3 rings (SSSR count). The lowest BCUT2D eigenvalue weighted by Crippen LogP contribution is -2.41. The summed E-state index contributed by atoms with van der Waals surface area (Å²) in [6.45, 7) is 3.05. The third-order valence-corrected chi connectivity index (χ3v) is 5.95. The van der Waals surface area contributed by atoms with Crippen LogP contribution < -0.4 is 4.72 Å². The highest BCUT2D eigenvalue weighted by atomic mass is 32.2. The number of rotatable bonds is 5. The highest BCUT2D eigenvalue weighted by Gasteiger charge is 2.27. The van der Waals surface area contributed by atoms with Crippen LogP contribution >= 0.6 is 0 Å². The normalized spacial score (nSPS) is 17.2. The van der Waals surface area contributed by atoms with Gasteiger partial charge in [-0.1, -0.05) is 0 Å². The third-order valence-electron chi connectivity index (χ3n) is 4.49. The van der Waals surface area contributed by atoms with E-state index in [1.54, 1.807) is 4.90 Å². The molecule has 1 unspecified atom stereocenters. The first-order valence-electron chi connectivity index (χ1n) is 8.19. The molecule has 0 saturated carbocycles. The number of halogens is 2. The van der Waals surface area contributed by atoms with E-state index in [2.05, 4.69) is 9.29 Å². The van der Waals surface area contributed by atoms with E-state index in [4.69, 9.17) is 0 Å². The maximum absolute atomic E-state index is 13.2. The zero-order valence-corrected chi connectivity index (χ0v) is 15.0. The molecule has 1 aliphatic rings. The zero-order valence-electron chi connectivity index (χ0n) is 14.2. The molecule has 1 aromatic carbocycles. The molecule has 0 spiro atoms. The number of carbonyl (C=O) groups is 1. The summed E-state index contributed by atoms with van der Waals surface area (Å²) in [4.78, 5) is 13.8. The molecule has 1 aliphatic heterocycles. The van der Waals surface area contributed by atoms with E-state index in [1.165, 1.54) is 0 Å². The van der Waals surface area contributed by atoms with Crippen molar-refractivity contribution in [3.05, 3.63) is 53.9 Å². The molecule has 140 valence electrons. The van der Waals surface area contributed by atoms with Crippen LogP contribution in [0.25, 0.3) is 0 Å². The fourth-order valence-electron chi connectivity index (χ4n) is 3.08. The van der Waals surface area contributed by atoms with Gasteiger partial charge in [0.15, 0.2) is 11.6 Å². The number of carbonyl (C=O) groups excluding carboxylic acids is 1. The topological polar surface area (TPSA) is 71.4 Å². The molecule has 0 bridgehead atoms. The molecular formula is C17H19F2N3O3S. The van der Waals surface area contributed by atoms with Gasteiger partial charge < -0.3 is 9.47 Å². The Kier molecular flexibility index (Phi) is 5.10. The molecule has 0 fully saturated rings. The van der Waals surface area contributed by atoms with E-state index in [0.717, 1.165) is 17.8 Å². The number of aromatic nitrogens is 1. The van der Waals surface area contributed by atoms with Gasteiger partial charge in [0.2, 0.25) is 15.9 Å². The SMILES string of the molecule is CC1c2cccn2CCN1C(=O)CCNS(=O)(=O)c1ccc(F)c(F)c1. The van der Waals surface area contributed by atoms with Gasteiger partial charge in [0, 0.05) is 37.9 Å². The van der Waals surface area contributed by atoms with Gasteiger partial charge in [0.05, 0.1) is 10.9 Å². The van der Waals surface area contributed by atoms with Crippen LogP contribution in [0.1, 0.15) is 25.1 Å². The van der Waals surface area contributed by atoms with Crippen LogP contribution in [0.15, 0.2) is 41.4 Å². The van der Waals surface area contributed by atoms with E-state index in [-0.39, 0.29) is 29.8 Å². The van der Waals surface area contributed by atoms with Crippen molar-refractivity contribution in [2.75, 3.05) is 13.1 Å². The average Bonchev–Trinajstić information content (AvgIpc) is 3.07. The van der Waals surface area contributed by atoms with E-state index >= 15 is 0 Å². The van der Waals surface area contributed by atoms with Gasteiger partial charge >= 0.3 is 0 Å². The average molecular weight is 383 g/mol. The molecule has 9 heteroatoms. The summed E-state index contributed by atoms with van der Waals surface area (Å²) < 4.78 is 54.7. The first kappa shape index (κ1) is 18.5. The molecule has 1 N–H and O–H groups in total. The van der Waals surface area contributed by atoms with E-state index in [9.17, 15) is 22.0 Å². The highest BCUT2D eigenvalue weighted by Crippen LogP contribution is 2.25. The minimum absolute atomic E-state index is 0.0199. The van der Waals surface area contributed by atoms with Crippen LogP contribution in [0.2, 0.25) is 0 Å². The summed E-state index contributed by atoms with van der Waals surface area (Å²) in [7, 11) is -4.01. The Labute approximate surface area is 150 Å². The van der Waals surface area contributed by atoms with Crippen molar-refractivity contribution in [3.8, 4) is 0 Å². The third kappa shape index (κ3) is 3.63. The largest absolute Gasteiger partial charge is 0.348 e. The van der Waals surface area contributed by atoms with Crippen LogP contribution in [-0.2, 0) is 21.4 Å². The Morgan fingerprint density at radius 1 is 1.23 bits per heavy atom. The maximum atomic E-state index is 13.2. The molecule has 2 heterocycles. The fraction of sp³-hybridized carbons (Fsp3) is 0.353. The minimum atomic E-state index is -4.01. The number of benzene rings is 1. The zero-order chi connectivity index (χ0) is 18.9. The first-order valence-corrected chi connectivity index (χ1v) is 9.67. The van der Waals surface area contributed by atoms with Crippen LogP contribution in [0, 0.1) is 11.6 Å². The van der Waals surface area contributed by atoms with Crippen molar-refractivity contribution in [2.24, 2.45) is 0 Å². The van der Waals surface area contributed by atoms with Crippen LogP contribution in [0.3, 0.4) is 0 Å². The van der Waals surface area contributed by atoms with Gasteiger partial charge in [-0.05, 0) is 37.3 Å². The van der Waals surface area contributed by atoms with Crippen molar-refractivity contribution in [1.29, 1.82) is 0 Å². The minimum Gasteiger partial charge on any atom is -0.348 e. The Bertz CT molecular complexity index is 927. The van der Waals surface area contributed by atoms with Gasteiger partial charge in [-0.15, -0.1) is 0 Å². The molecule has 1 aromatic heterocycles. The number of sulfonamides is 1. The Hall–Kier alpha value is -2.26. The van der Waals surface area contributed by atoms with E-state index in [0.29, 0.717) is 19.2 Å². The van der Waals surface area contributed by atoms with Gasteiger partial charge in [-0.3, -0.25) is 4.79 Å². The van der Waals surface area contributed by atoms with Gasteiger partial charge in [0.1, 0.15) is 0 Å². The second-order valence-corrected chi connectivity index (χ2v) is 7.88.